The maximum Gasteiger partial charge on any atom is 0.0670 e. The van der Waals surface area contributed by atoms with Crippen molar-refractivity contribution in [2.24, 2.45) is 5.92 Å². The summed E-state index contributed by atoms with van der Waals surface area (Å²) >= 11 is 0. The van der Waals surface area contributed by atoms with E-state index in [1.54, 1.807) is 7.11 Å². The fourth-order valence-electron chi connectivity index (χ4n) is 2.30. The van der Waals surface area contributed by atoms with Gasteiger partial charge in [-0.2, -0.15) is 0 Å². The molecule has 0 saturated carbocycles. The second-order valence-corrected chi connectivity index (χ2v) is 5.29. The number of hydrogen-bond acceptors (Lipinski definition) is 3. The number of piperidine rings is 1. The highest BCUT2D eigenvalue weighted by Gasteiger charge is 2.20. The van der Waals surface area contributed by atoms with E-state index >= 15 is 0 Å². The normalized spacial score (nSPS) is 20.6. The van der Waals surface area contributed by atoms with Crippen LogP contribution in [0.1, 0.15) is 33.6 Å². The van der Waals surface area contributed by atoms with E-state index in [9.17, 15) is 0 Å². The van der Waals surface area contributed by atoms with Gasteiger partial charge in [-0.25, -0.2) is 0 Å². The first-order chi connectivity index (χ1) is 7.63. The summed E-state index contributed by atoms with van der Waals surface area (Å²) in [5.41, 5.74) is 0. The van der Waals surface area contributed by atoms with E-state index in [2.05, 4.69) is 31.0 Å². The number of hydrogen-bond donors (Lipinski definition) is 1. The van der Waals surface area contributed by atoms with E-state index in [1.807, 2.05) is 0 Å². The summed E-state index contributed by atoms with van der Waals surface area (Å²) in [6.07, 6.45) is 2.99. The van der Waals surface area contributed by atoms with Crippen LogP contribution in [0.25, 0.3) is 0 Å². The van der Waals surface area contributed by atoms with Gasteiger partial charge in [-0.15, -0.1) is 0 Å². The van der Waals surface area contributed by atoms with Crippen LogP contribution in [0, 0.1) is 5.92 Å². The summed E-state index contributed by atoms with van der Waals surface area (Å²) in [5, 5.41) is 3.43. The molecule has 1 saturated heterocycles. The van der Waals surface area contributed by atoms with Crippen LogP contribution in [0.15, 0.2) is 0 Å². The molecule has 1 rings (SSSR count). The first-order valence-electron chi connectivity index (χ1n) is 6.61. The third kappa shape index (κ3) is 4.81. The van der Waals surface area contributed by atoms with Gasteiger partial charge >= 0.3 is 0 Å². The van der Waals surface area contributed by atoms with Gasteiger partial charge in [-0.05, 0) is 52.6 Å². The minimum atomic E-state index is 0.337. The zero-order chi connectivity index (χ0) is 12.0. The third-order valence-electron chi connectivity index (χ3n) is 3.58. The molecule has 0 bridgehead atoms. The number of rotatable bonds is 6. The van der Waals surface area contributed by atoms with Gasteiger partial charge < -0.3 is 10.1 Å². The summed E-state index contributed by atoms with van der Waals surface area (Å²) in [5.74, 6) is 0.868. The van der Waals surface area contributed by atoms with Gasteiger partial charge in [-0.1, -0.05) is 0 Å². The second kappa shape index (κ2) is 7.25. The largest absolute Gasteiger partial charge is 0.380 e. The lowest BCUT2D eigenvalue weighted by Gasteiger charge is -2.34. The molecule has 3 nitrogen and oxygen atoms in total. The molecule has 3 heteroatoms. The van der Waals surface area contributed by atoms with Crippen molar-refractivity contribution in [1.29, 1.82) is 0 Å². The monoisotopic (exact) mass is 228 g/mol. The first kappa shape index (κ1) is 13.9. The zero-order valence-corrected chi connectivity index (χ0v) is 11.3. The Morgan fingerprint density at radius 1 is 1.25 bits per heavy atom. The summed E-state index contributed by atoms with van der Waals surface area (Å²) in [7, 11) is 1.80. The van der Waals surface area contributed by atoms with E-state index in [1.165, 1.54) is 32.5 Å². The van der Waals surface area contributed by atoms with Gasteiger partial charge in [0.1, 0.15) is 0 Å². The highest BCUT2D eigenvalue weighted by molar-refractivity contribution is 4.75. The standard InChI is InChI=1S/C13H28N2O/c1-11(2)15(9-12(3)16-4)10-13-5-7-14-8-6-13/h11-14H,5-10H2,1-4H3. The molecule has 1 heterocycles. The number of methoxy groups -OCH3 is 1. The second-order valence-electron chi connectivity index (χ2n) is 5.29. The Labute approximate surface area is 101 Å². The van der Waals surface area contributed by atoms with Gasteiger partial charge in [0.05, 0.1) is 6.10 Å². The molecule has 0 aromatic rings. The van der Waals surface area contributed by atoms with Crippen molar-refractivity contribution in [3.63, 3.8) is 0 Å². The summed E-state index contributed by atoms with van der Waals surface area (Å²) < 4.78 is 5.37. The summed E-state index contributed by atoms with van der Waals surface area (Å²) in [6.45, 7) is 11.4. The van der Waals surface area contributed by atoms with Crippen molar-refractivity contribution >= 4 is 0 Å². The van der Waals surface area contributed by atoms with Crippen molar-refractivity contribution in [2.45, 2.75) is 45.8 Å². The van der Waals surface area contributed by atoms with Crippen LogP contribution >= 0.6 is 0 Å². The predicted molar refractivity (Wildman–Crippen MR) is 68.8 cm³/mol. The zero-order valence-electron chi connectivity index (χ0n) is 11.3. The van der Waals surface area contributed by atoms with Crippen LogP contribution < -0.4 is 5.32 Å². The van der Waals surface area contributed by atoms with Crippen molar-refractivity contribution in [3.8, 4) is 0 Å². The fraction of sp³-hybridized carbons (Fsp3) is 1.00. The highest BCUT2D eigenvalue weighted by atomic mass is 16.5. The van der Waals surface area contributed by atoms with Crippen molar-refractivity contribution in [1.82, 2.24) is 10.2 Å². The van der Waals surface area contributed by atoms with Gasteiger partial charge in [0.25, 0.3) is 0 Å². The topological polar surface area (TPSA) is 24.5 Å². The Hall–Kier alpha value is -0.120. The highest BCUT2D eigenvalue weighted by Crippen LogP contribution is 2.15. The summed E-state index contributed by atoms with van der Waals surface area (Å²) in [6, 6.07) is 0.618. The minimum absolute atomic E-state index is 0.337. The molecule has 1 aliphatic rings. The molecule has 1 atom stereocenters. The molecule has 0 spiro atoms. The number of nitrogens with zero attached hydrogens (tertiary/aromatic N) is 1. The van der Waals surface area contributed by atoms with Crippen molar-refractivity contribution < 1.29 is 4.74 Å². The van der Waals surface area contributed by atoms with Crippen molar-refractivity contribution in [3.05, 3.63) is 0 Å². The van der Waals surface area contributed by atoms with E-state index in [-0.39, 0.29) is 0 Å². The van der Waals surface area contributed by atoms with E-state index in [0.717, 1.165) is 12.5 Å². The Kier molecular flexibility index (Phi) is 6.32. The molecule has 0 aromatic heterocycles. The van der Waals surface area contributed by atoms with Crippen LogP contribution in [0.5, 0.6) is 0 Å². The van der Waals surface area contributed by atoms with Crippen LogP contribution in [-0.4, -0.2) is 50.3 Å². The van der Waals surface area contributed by atoms with Gasteiger partial charge in [0.15, 0.2) is 0 Å². The molecule has 1 N–H and O–H groups in total. The van der Waals surface area contributed by atoms with E-state index in [4.69, 9.17) is 4.74 Å². The Morgan fingerprint density at radius 3 is 2.38 bits per heavy atom. The maximum absolute atomic E-state index is 5.37. The van der Waals surface area contributed by atoms with E-state index < -0.39 is 0 Å². The molecule has 1 unspecified atom stereocenters. The molecule has 96 valence electrons. The fourth-order valence-corrected chi connectivity index (χ4v) is 2.30. The van der Waals surface area contributed by atoms with Crippen LogP contribution in [0.3, 0.4) is 0 Å². The quantitative estimate of drug-likeness (QED) is 0.749. The lowest BCUT2D eigenvalue weighted by atomic mass is 9.97. The van der Waals surface area contributed by atoms with Crippen LogP contribution in [0.2, 0.25) is 0 Å². The van der Waals surface area contributed by atoms with Crippen molar-refractivity contribution in [2.75, 3.05) is 33.3 Å². The van der Waals surface area contributed by atoms with E-state index in [0.29, 0.717) is 12.1 Å². The van der Waals surface area contributed by atoms with Gasteiger partial charge in [0, 0.05) is 26.2 Å². The Bertz CT molecular complexity index is 179. The summed E-state index contributed by atoms with van der Waals surface area (Å²) in [4.78, 5) is 2.56. The molecule has 16 heavy (non-hydrogen) atoms. The smallest absolute Gasteiger partial charge is 0.0670 e. The maximum atomic E-state index is 5.37. The average Bonchev–Trinajstić information content (AvgIpc) is 2.29. The molecule has 0 aromatic carbocycles. The SMILES string of the molecule is COC(C)CN(CC1CCNCC1)C(C)C. The lowest BCUT2D eigenvalue weighted by Crippen LogP contribution is -2.42. The van der Waals surface area contributed by atoms with Crippen LogP contribution in [0.4, 0.5) is 0 Å². The molecule has 0 aliphatic carbocycles. The molecule has 1 fully saturated rings. The molecule has 1 aliphatic heterocycles. The average molecular weight is 228 g/mol. The molecular weight excluding hydrogens is 200 g/mol. The number of ether oxygens (including phenoxy) is 1. The molecule has 0 radical (unpaired) electrons. The first-order valence-corrected chi connectivity index (χ1v) is 6.61. The van der Waals surface area contributed by atoms with Gasteiger partial charge in [-0.3, -0.25) is 4.90 Å². The third-order valence-corrected chi connectivity index (χ3v) is 3.58. The number of nitrogens with one attached hydrogen (secondary N) is 1. The molecular formula is C13H28N2O. The lowest BCUT2D eigenvalue weighted by molar-refractivity contribution is 0.0556. The van der Waals surface area contributed by atoms with Gasteiger partial charge in [0.2, 0.25) is 0 Å². The Morgan fingerprint density at radius 2 is 1.88 bits per heavy atom. The molecule has 0 amide bonds. The minimum Gasteiger partial charge on any atom is -0.380 e. The van der Waals surface area contributed by atoms with Crippen LogP contribution in [-0.2, 0) is 4.74 Å². The Balaban J connectivity index is 2.37. The predicted octanol–water partition coefficient (Wildman–Crippen LogP) is 1.73.